The van der Waals surface area contributed by atoms with Gasteiger partial charge in [0.05, 0.1) is 25.5 Å². The van der Waals surface area contributed by atoms with Gasteiger partial charge in [-0.05, 0) is 38.0 Å². The van der Waals surface area contributed by atoms with Crippen molar-refractivity contribution in [3.05, 3.63) is 29.0 Å². The number of aryl methyl sites for hydroxylation is 3. The van der Waals surface area contributed by atoms with Crippen LogP contribution in [-0.4, -0.2) is 24.2 Å². The summed E-state index contributed by atoms with van der Waals surface area (Å²) in [6.07, 6.45) is 0. The number of methoxy groups -OCH3 is 2. The average molecular weight is 273 g/mol. The number of aromatic nitrogens is 2. The largest absolute Gasteiger partial charge is 0.496 e. The molecule has 2 aromatic rings. The number of hydrogen-bond donors (Lipinski definition) is 1. The van der Waals surface area contributed by atoms with E-state index < -0.39 is 0 Å². The summed E-state index contributed by atoms with van der Waals surface area (Å²) in [5.41, 5.74) is 10.1. The fourth-order valence-corrected chi connectivity index (χ4v) is 2.20. The van der Waals surface area contributed by atoms with Crippen LogP contribution in [0.15, 0.2) is 12.1 Å². The summed E-state index contributed by atoms with van der Waals surface area (Å²) in [6, 6.07) is 4.03. The monoisotopic (exact) mass is 273 g/mol. The Bertz CT molecular complexity index is 654. The van der Waals surface area contributed by atoms with Crippen LogP contribution in [0.5, 0.6) is 11.6 Å². The van der Waals surface area contributed by atoms with Gasteiger partial charge in [-0.3, -0.25) is 0 Å². The van der Waals surface area contributed by atoms with Gasteiger partial charge in [-0.2, -0.15) is 4.98 Å². The van der Waals surface area contributed by atoms with Crippen molar-refractivity contribution in [2.45, 2.75) is 20.8 Å². The number of nitrogen functional groups attached to an aromatic ring is 1. The van der Waals surface area contributed by atoms with E-state index in [1.807, 2.05) is 26.8 Å². The van der Waals surface area contributed by atoms with E-state index in [0.717, 1.165) is 22.4 Å². The van der Waals surface area contributed by atoms with E-state index in [1.54, 1.807) is 14.2 Å². The fourth-order valence-electron chi connectivity index (χ4n) is 2.20. The van der Waals surface area contributed by atoms with Crippen LogP contribution in [0.3, 0.4) is 0 Å². The van der Waals surface area contributed by atoms with Crippen LogP contribution < -0.4 is 15.2 Å². The molecule has 0 saturated carbocycles. The molecule has 0 amide bonds. The second-order valence-electron chi connectivity index (χ2n) is 4.71. The van der Waals surface area contributed by atoms with E-state index >= 15 is 0 Å². The number of rotatable bonds is 3. The number of nitrogens with zero attached hydrogens (tertiary/aromatic N) is 2. The minimum Gasteiger partial charge on any atom is -0.496 e. The van der Waals surface area contributed by atoms with Gasteiger partial charge in [-0.1, -0.05) is 6.07 Å². The lowest BCUT2D eigenvalue weighted by atomic mass is 10.0. The van der Waals surface area contributed by atoms with Crippen molar-refractivity contribution >= 4 is 5.69 Å². The third-order valence-corrected chi connectivity index (χ3v) is 3.18. The lowest BCUT2D eigenvalue weighted by molar-refractivity contribution is 0.398. The highest BCUT2D eigenvalue weighted by Gasteiger charge is 2.16. The molecular formula is C15H19N3O2. The first-order valence-electron chi connectivity index (χ1n) is 6.31. The van der Waals surface area contributed by atoms with Gasteiger partial charge < -0.3 is 15.2 Å². The third kappa shape index (κ3) is 2.39. The van der Waals surface area contributed by atoms with Crippen molar-refractivity contribution in [1.29, 1.82) is 0 Å². The number of benzene rings is 1. The summed E-state index contributed by atoms with van der Waals surface area (Å²) in [5.74, 6) is 1.69. The van der Waals surface area contributed by atoms with Gasteiger partial charge in [0.25, 0.3) is 0 Å². The molecule has 5 heteroatoms. The van der Waals surface area contributed by atoms with Crippen LogP contribution in [0.1, 0.15) is 16.8 Å². The Balaban J connectivity index is 2.71. The maximum absolute atomic E-state index is 5.89. The Labute approximate surface area is 118 Å². The van der Waals surface area contributed by atoms with Gasteiger partial charge in [0.15, 0.2) is 5.82 Å². The average Bonchev–Trinajstić information content (AvgIpc) is 2.41. The zero-order valence-corrected chi connectivity index (χ0v) is 12.4. The highest BCUT2D eigenvalue weighted by Crippen LogP contribution is 2.34. The summed E-state index contributed by atoms with van der Waals surface area (Å²) in [4.78, 5) is 8.84. The smallest absolute Gasteiger partial charge is 0.240 e. The molecule has 0 aliphatic carbocycles. The second-order valence-corrected chi connectivity index (χ2v) is 4.71. The van der Waals surface area contributed by atoms with E-state index in [9.17, 15) is 0 Å². The molecule has 20 heavy (non-hydrogen) atoms. The maximum Gasteiger partial charge on any atom is 0.240 e. The highest BCUT2D eigenvalue weighted by atomic mass is 16.5. The van der Waals surface area contributed by atoms with Crippen LogP contribution in [0.25, 0.3) is 11.4 Å². The summed E-state index contributed by atoms with van der Waals surface area (Å²) in [6.45, 7) is 5.86. The Morgan fingerprint density at radius 3 is 2.30 bits per heavy atom. The normalized spacial score (nSPS) is 10.4. The first-order valence-corrected chi connectivity index (χ1v) is 6.31. The fraction of sp³-hybridized carbons (Fsp3) is 0.333. The van der Waals surface area contributed by atoms with Crippen molar-refractivity contribution < 1.29 is 9.47 Å². The van der Waals surface area contributed by atoms with E-state index in [4.69, 9.17) is 15.2 Å². The van der Waals surface area contributed by atoms with E-state index in [1.165, 1.54) is 0 Å². The maximum atomic E-state index is 5.89. The van der Waals surface area contributed by atoms with Crippen molar-refractivity contribution in [2.24, 2.45) is 0 Å². The summed E-state index contributed by atoms with van der Waals surface area (Å²) in [7, 11) is 3.18. The van der Waals surface area contributed by atoms with Crippen molar-refractivity contribution in [3.8, 4) is 23.0 Å². The minimum absolute atomic E-state index is 0.384. The molecule has 2 N–H and O–H groups in total. The number of hydrogen-bond acceptors (Lipinski definition) is 5. The first-order chi connectivity index (χ1) is 9.47. The highest BCUT2D eigenvalue weighted by molar-refractivity contribution is 5.71. The molecule has 0 aliphatic heterocycles. The molecule has 0 bridgehead atoms. The van der Waals surface area contributed by atoms with Gasteiger partial charge in [0, 0.05) is 0 Å². The van der Waals surface area contributed by atoms with E-state index in [0.29, 0.717) is 23.1 Å². The summed E-state index contributed by atoms with van der Waals surface area (Å²) >= 11 is 0. The molecule has 106 valence electrons. The molecule has 1 heterocycles. The predicted octanol–water partition coefficient (Wildman–Crippen LogP) is 2.67. The summed E-state index contributed by atoms with van der Waals surface area (Å²) in [5, 5.41) is 0. The quantitative estimate of drug-likeness (QED) is 0.931. The number of ether oxygens (including phenoxy) is 2. The zero-order chi connectivity index (χ0) is 14.9. The molecule has 2 rings (SSSR count). The van der Waals surface area contributed by atoms with Gasteiger partial charge in [-0.15, -0.1) is 0 Å². The van der Waals surface area contributed by atoms with E-state index in [2.05, 4.69) is 16.0 Å². The van der Waals surface area contributed by atoms with Crippen molar-refractivity contribution in [1.82, 2.24) is 9.97 Å². The third-order valence-electron chi connectivity index (χ3n) is 3.18. The molecule has 5 nitrogen and oxygen atoms in total. The number of nitrogens with two attached hydrogens (primary N) is 1. The van der Waals surface area contributed by atoms with Crippen LogP contribution in [0, 0.1) is 20.8 Å². The van der Waals surface area contributed by atoms with Crippen LogP contribution in [0.2, 0.25) is 0 Å². The molecule has 1 aromatic heterocycles. The molecule has 0 radical (unpaired) electrons. The first kappa shape index (κ1) is 14.1. The van der Waals surface area contributed by atoms with Crippen LogP contribution >= 0.6 is 0 Å². The van der Waals surface area contributed by atoms with Crippen LogP contribution in [0.4, 0.5) is 5.69 Å². The lowest BCUT2D eigenvalue weighted by Crippen LogP contribution is -2.04. The Kier molecular flexibility index (Phi) is 3.79. The molecule has 0 atom stereocenters. The number of anilines is 1. The Morgan fingerprint density at radius 2 is 1.70 bits per heavy atom. The molecule has 0 fully saturated rings. The van der Waals surface area contributed by atoms with E-state index in [-0.39, 0.29) is 0 Å². The molecule has 0 saturated heterocycles. The summed E-state index contributed by atoms with van der Waals surface area (Å²) < 4.78 is 10.7. The topological polar surface area (TPSA) is 70.3 Å². The minimum atomic E-state index is 0.384. The molecule has 0 spiro atoms. The second kappa shape index (κ2) is 5.36. The van der Waals surface area contributed by atoms with Crippen LogP contribution in [-0.2, 0) is 0 Å². The predicted molar refractivity (Wildman–Crippen MR) is 79.2 cm³/mol. The lowest BCUT2D eigenvalue weighted by Gasteiger charge is -2.14. The van der Waals surface area contributed by atoms with Gasteiger partial charge in [0.1, 0.15) is 11.4 Å². The van der Waals surface area contributed by atoms with Gasteiger partial charge in [0.2, 0.25) is 5.88 Å². The van der Waals surface area contributed by atoms with Gasteiger partial charge >= 0.3 is 0 Å². The SMILES string of the molecule is COc1cc(C)cc(C)c1-c1nc(C)c(N)c(OC)n1. The molecule has 1 aromatic carbocycles. The molecular weight excluding hydrogens is 254 g/mol. The molecule has 0 aliphatic rings. The zero-order valence-electron chi connectivity index (χ0n) is 12.4. The van der Waals surface area contributed by atoms with Crippen molar-refractivity contribution in [3.63, 3.8) is 0 Å². The Hall–Kier alpha value is -2.30. The standard InChI is InChI=1S/C15H19N3O2/c1-8-6-9(2)12(11(7-8)19-4)14-17-10(3)13(16)15(18-14)20-5/h6-7H,16H2,1-5H3. The Morgan fingerprint density at radius 1 is 1.00 bits per heavy atom. The molecule has 0 unspecified atom stereocenters. The van der Waals surface area contributed by atoms with Gasteiger partial charge in [-0.25, -0.2) is 4.98 Å². The van der Waals surface area contributed by atoms with Crippen molar-refractivity contribution in [2.75, 3.05) is 20.0 Å².